The average molecular weight is 359 g/mol. The second kappa shape index (κ2) is 6.56. The van der Waals surface area contributed by atoms with Crippen LogP contribution in [0.1, 0.15) is 17.8 Å². The number of rotatable bonds is 4. The van der Waals surface area contributed by atoms with Crippen LogP contribution >= 0.6 is 11.3 Å². The second-order valence-corrected chi connectivity index (χ2v) is 6.83. The van der Waals surface area contributed by atoms with Gasteiger partial charge in [0.25, 0.3) is 5.56 Å². The SMILES string of the molecule is COc1ccccc1NC(=O)C(C)n1c(=O)[nH]c2sc(C)cc2c1=O. The normalized spacial score (nSPS) is 12.1. The van der Waals surface area contributed by atoms with Crippen LogP contribution in [0.4, 0.5) is 5.69 Å². The Balaban J connectivity index is 1.99. The zero-order chi connectivity index (χ0) is 18.1. The summed E-state index contributed by atoms with van der Waals surface area (Å²) in [6.07, 6.45) is 0. The fourth-order valence-corrected chi connectivity index (χ4v) is 3.49. The number of nitrogens with one attached hydrogen (secondary N) is 2. The van der Waals surface area contributed by atoms with Crippen molar-refractivity contribution in [3.05, 3.63) is 56.0 Å². The van der Waals surface area contributed by atoms with Crippen LogP contribution in [0.3, 0.4) is 0 Å². The van der Waals surface area contributed by atoms with Gasteiger partial charge in [-0.15, -0.1) is 11.3 Å². The molecule has 3 aromatic rings. The maximum absolute atomic E-state index is 12.6. The molecule has 0 aliphatic carbocycles. The molecule has 0 saturated carbocycles. The lowest BCUT2D eigenvalue weighted by Gasteiger charge is -2.15. The number of anilines is 1. The van der Waals surface area contributed by atoms with E-state index in [1.165, 1.54) is 25.4 Å². The summed E-state index contributed by atoms with van der Waals surface area (Å²) in [5, 5.41) is 3.10. The Hall–Kier alpha value is -2.87. The molecule has 25 heavy (non-hydrogen) atoms. The number of fused-ring (bicyclic) bond motifs is 1. The van der Waals surface area contributed by atoms with Gasteiger partial charge in [0.15, 0.2) is 0 Å². The van der Waals surface area contributed by atoms with E-state index in [1.807, 2.05) is 6.92 Å². The summed E-state index contributed by atoms with van der Waals surface area (Å²) >= 11 is 1.33. The van der Waals surface area contributed by atoms with E-state index >= 15 is 0 Å². The molecule has 2 aromatic heterocycles. The second-order valence-electron chi connectivity index (χ2n) is 5.57. The summed E-state index contributed by atoms with van der Waals surface area (Å²) in [7, 11) is 1.50. The topological polar surface area (TPSA) is 93.2 Å². The molecule has 8 heteroatoms. The molecule has 0 aliphatic rings. The molecule has 0 bridgehead atoms. The third-order valence-electron chi connectivity index (χ3n) is 3.88. The number of benzene rings is 1. The van der Waals surface area contributed by atoms with Crippen LogP contribution in [0.25, 0.3) is 10.2 Å². The quantitative estimate of drug-likeness (QED) is 0.747. The fraction of sp³-hybridized carbons (Fsp3) is 0.235. The Morgan fingerprint density at radius 2 is 2.04 bits per heavy atom. The molecule has 0 spiro atoms. The largest absolute Gasteiger partial charge is 0.495 e. The zero-order valence-corrected chi connectivity index (χ0v) is 14.8. The fourth-order valence-electron chi connectivity index (χ4n) is 2.60. The monoisotopic (exact) mass is 359 g/mol. The Morgan fingerprint density at radius 1 is 1.32 bits per heavy atom. The number of ether oxygens (including phenoxy) is 1. The van der Waals surface area contributed by atoms with Crippen molar-refractivity contribution in [3.8, 4) is 5.75 Å². The number of carbonyl (C=O) groups excluding carboxylic acids is 1. The first-order chi connectivity index (χ1) is 11.9. The first kappa shape index (κ1) is 17.0. The van der Waals surface area contributed by atoms with Crippen LogP contribution in [0.5, 0.6) is 5.75 Å². The van der Waals surface area contributed by atoms with Crippen molar-refractivity contribution in [3.63, 3.8) is 0 Å². The molecule has 3 rings (SSSR count). The van der Waals surface area contributed by atoms with Gasteiger partial charge in [0.2, 0.25) is 5.91 Å². The predicted molar refractivity (Wildman–Crippen MR) is 97.8 cm³/mol. The van der Waals surface area contributed by atoms with Gasteiger partial charge < -0.3 is 10.1 Å². The standard InChI is InChI=1S/C17H17N3O4S/c1-9-8-11-15(25-9)19-17(23)20(16(11)22)10(2)14(21)18-12-6-4-5-7-13(12)24-3/h4-8,10H,1-3H3,(H,18,21)(H,19,23). The lowest BCUT2D eigenvalue weighted by Crippen LogP contribution is -2.41. The van der Waals surface area contributed by atoms with Gasteiger partial charge in [0, 0.05) is 4.88 Å². The Bertz CT molecular complexity index is 1060. The Labute approximate surface area is 146 Å². The molecular weight excluding hydrogens is 342 g/mol. The molecule has 1 aromatic carbocycles. The minimum atomic E-state index is -0.981. The number of para-hydroxylation sites is 2. The minimum absolute atomic E-state index is 0.402. The van der Waals surface area contributed by atoms with Crippen molar-refractivity contribution in [2.75, 3.05) is 12.4 Å². The highest BCUT2D eigenvalue weighted by atomic mass is 32.1. The summed E-state index contributed by atoms with van der Waals surface area (Å²) in [5.41, 5.74) is -0.619. The first-order valence-corrected chi connectivity index (χ1v) is 8.43. The van der Waals surface area contributed by atoms with Crippen molar-refractivity contribution >= 4 is 33.1 Å². The van der Waals surface area contributed by atoms with E-state index in [9.17, 15) is 14.4 Å². The summed E-state index contributed by atoms with van der Waals surface area (Å²) in [5.74, 6) is 0.0108. The minimum Gasteiger partial charge on any atom is -0.495 e. The molecule has 130 valence electrons. The number of methoxy groups -OCH3 is 1. The van der Waals surface area contributed by atoms with Gasteiger partial charge in [0.05, 0.1) is 18.2 Å². The molecule has 1 atom stereocenters. The van der Waals surface area contributed by atoms with Crippen molar-refractivity contribution in [2.24, 2.45) is 0 Å². The van der Waals surface area contributed by atoms with E-state index in [0.717, 1.165) is 9.44 Å². The molecule has 7 nitrogen and oxygen atoms in total. The lowest BCUT2D eigenvalue weighted by atomic mass is 10.2. The smallest absolute Gasteiger partial charge is 0.330 e. The van der Waals surface area contributed by atoms with Crippen molar-refractivity contribution < 1.29 is 9.53 Å². The molecule has 0 radical (unpaired) electrons. The van der Waals surface area contributed by atoms with Crippen LogP contribution in [0.15, 0.2) is 39.9 Å². The zero-order valence-electron chi connectivity index (χ0n) is 14.0. The van der Waals surface area contributed by atoms with Gasteiger partial charge in [-0.3, -0.25) is 14.6 Å². The predicted octanol–water partition coefficient (Wildman–Crippen LogP) is 2.27. The number of nitrogens with zero attached hydrogens (tertiary/aromatic N) is 1. The molecule has 0 aliphatic heterocycles. The van der Waals surface area contributed by atoms with E-state index in [1.54, 1.807) is 30.3 Å². The Kier molecular flexibility index (Phi) is 4.45. The highest BCUT2D eigenvalue weighted by molar-refractivity contribution is 7.18. The van der Waals surface area contributed by atoms with E-state index in [4.69, 9.17) is 4.74 Å². The molecule has 2 N–H and O–H groups in total. The summed E-state index contributed by atoms with van der Waals surface area (Å²) in [4.78, 5) is 41.6. The van der Waals surface area contributed by atoms with Crippen molar-refractivity contribution in [1.29, 1.82) is 0 Å². The number of aromatic nitrogens is 2. The third kappa shape index (κ3) is 3.08. The molecule has 0 fully saturated rings. The lowest BCUT2D eigenvalue weighted by molar-refractivity contribution is -0.119. The van der Waals surface area contributed by atoms with Crippen LogP contribution in [-0.4, -0.2) is 22.6 Å². The van der Waals surface area contributed by atoms with Gasteiger partial charge >= 0.3 is 5.69 Å². The van der Waals surface area contributed by atoms with E-state index in [0.29, 0.717) is 21.7 Å². The number of carbonyl (C=O) groups is 1. The average Bonchev–Trinajstić information content (AvgIpc) is 2.95. The van der Waals surface area contributed by atoms with Gasteiger partial charge in [0.1, 0.15) is 16.6 Å². The van der Waals surface area contributed by atoms with Gasteiger partial charge in [-0.05, 0) is 32.0 Å². The molecule has 1 amide bonds. The first-order valence-electron chi connectivity index (χ1n) is 7.61. The number of aryl methyl sites for hydroxylation is 1. The number of amides is 1. The molecule has 2 heterocycles. The van der Waals surface area contributed by atoms with Crippen molar-refractivity contribution in [2.45, 2.75) is 19.9 Å². The highest BCUT2D eigenvalue weighted by Gasteiger charge is 2.22. The van der Waals surface area contributed by atoms with Gasteiger partial charge in [-0.1, -0.05) is 12.1 Å². The summed E-state index contributed by atoms with van der Waals surface area (Å²) < 4.78 is 6.12. The third-order valence-corrected chi connectivity index (χ3v) is 4.84. The van der Waals surface area contributed by atoms with Crippen LogP contribution in [0.2, 0.25) is 0 Å². The van der Waals surface area contributed by atoms with E-state index in [-0.39, 0.29) is 0 Å². The number of H-pyrrole nitrogens is 1. The van der Waals surface area contributed by atoms with Gasteiger partial charge in [-0.2, -0.15) is 0 Å². The van der Waals surface area contributed by atoms with Crippen LogP contribution in [0, 0.1) is 6.92 Å². The molecular formula is C17H17N3O4S. The molecule has 0 saturated heterocycles. The number of thiophene rings is 1. The van der Waals surface area contributed by atoms with Crippen LogP contribution in [-0.2, 0) is 4.79 Å². The maximum atomic E-state index is 12.6. The highest BCUT2D eigenvalue weighted by Crippen LogP contribution is 2.24. The van der Waals surface area contributed by atoms with Crippen LogP contribution < -0.4 is 21.3 Å². The number of hydrogen-bond acceptors (Lipinski definition) is 5. The molecule has 1 unspecified atom stereocenters. The number of hydrogen-bond donors (Lipinski definition) is 2. The summed E-state index contributed by atoms with van der Waals surface area (Å²) in [6, 6.07) is 7.65. The number of aromatic amines is 1. The summed E-state index contributed by atoms with van der Waals surface area (Å²) in [6.45, 7) is 3.36. The van der Waals surface area contributed by atoms with E-state index in [2.05, 4.69) is 10.3 Å². The van der Waals surface area contributed by atoms with Crippen molar-refractivity contribution in [1.82, 2.24) is 9.55 Å². The van der Waals surface area contributed by atoms with E-state index < -0.39 is 23.2 Å². The Morgan fingerprint density at radius 3 is 2.76 bits per heavy atom. The maximum Gasteiger partial charge on any atom is 0.330 e. The van der Waals surface area contributed by atoms with Gasteiger partial charge in [-0.25, -0.2) is 9.36 Å².